The number of fused-ring (bicyclic) bond motifs is 1. The molecule has 0 atom stereocenters. The summed E-state index contributed by atoms with van der Waals surface area (Å²) in [6, 6.07) is 1.65. The minimum Gasteiger partial charge on any atom is -0.381 e. The Hall–Kier alpha value is -3.07. The second kappa shape index (κ2) is 8.35. The monoisotopic (exact) mass is 410 g/mol. The van der Waals surface area contributed by atoms with E-state index in [1.807, 2.05) is 11.8 Å². The molecule has 158 valence electrons. The number of rotatable bonds is 5. The van der Waals surface area contributed by atoms with Crippen molar-refractivity contribution in [1.82, 2.24) is 15.0 Å². The molecule has 0 spiro atoms. The van der Waals surface area contributed by atoms with Crippen LogP contribution < -0.4 is 16.0 Å². The van der Waals surface area contributed by atoms with Crippen molar-refractivity contribution in [1.29, 1.82) is 0 Å². The fourth-order valence-electron chi connectivity index (χ4n) is 4.21. The first-order valence-corrected chi connectivity index (χ1v) is 10.2. The van der Waals surface area contributed by atoms with Crippen molar-refractivity contribution >= 4 is 23.5 Å². The van der Waals surface area contributed by atoms with Crippen LogP contribution in [0.4, 0.5) is 11.6 Å². The number of pyridine rings is 1. The summed E-state index contributed by atoms with van der Waals surface area (Å²) < 4.78 is 5.47. The quantitative estimate of drug-likeness (QED) is 0.772. The van der Waals surface area contributed by atoms with Crippen molar-refractivity contribution in [2.75, 3.05) is 30.4 Å². The Kier molecular flexibility index (Phi) is 5.63. The molecule has 2 aromatic rings. The van der Waals surface area contributed by atoms with Crippen LogP contribution in [0, 0.1) is 12.8 Å². The fourth-order valence-corrected chi connectivity index (χ4v) is 4.21. The zero-order valence-corrected chi connectivity index (χ0v) is 17.2. The van der Waals surface area contributed by atoms with Gasteiger partial charge >= 0.3 is 0 Å². The first-order chi connectivity index (χ1) is 14.4. The molecule has 1 aliphatic carbocycles. The van der Waals surface area contributed by atoms with Crippen LogP contribution in [0.5, 0.6) is 0 Å². The van der Waals surface area contributed by atoms with Crippen LogP contribution >= 0.6 is 0 Å². The number of nitrogens with one attached hydrogen (secondary N) is 1. The number of primary amides is 1. The van der Waals surface area contributed by atoms with E-state index in [1.54, 1.807) is 25.6 Å². The van der Waals surface area contributed by atoms with Crippen molar-refractivity contribution in [3.05, 3.63) is 29.7 Å². The van der Waals surface area contributed by atoms with Gasteiger partial charge in [-0.25, -0.2) is 9.97 Å². The van der Waals surface area contributed by atoms with E-state index in [0.29, 0.717) is 29.4 Å². The maximum atomic E-state index is 12.2. The highest BCUT2D eigenvalue weighted by molar-refractivity contribution is 5.99. The van der Waals surface area contributed by atoms with Gasteiger partial charge in [0.1, 0.15) is 5.69 Å². The number of hydrogen-bond donors (Lipinski definition) is 2. The molecule has 1 aliphatic heterocycles. The molecule has 4 rings (SSSR count). The van der Waals surface area contributed by atoms with Crippen LogP contribution in [0.25, 0.3) is 11.3 Å². The molecule has 0 radical (unpaired) electrons. The SMILES string of the molecule is CO[C@H]1CC[C@H](CN2CC(=O)Nc3ncc(-c4cnc(C(N)=O)cc4C)nc32)CC1. The lowest BCUT2D eigenvalue weighted by atomic mass is 9.87. The summed E-state index contributed by atoms with van der Waals surface area (Å²) in [4.78, 5) is 38.9. The first kappa shape index (κ1) is 20.2. The molecule has 9 heteroatoms. The molecule has 0 bridgehead atoms. The van der Waals surface area contributed by atoms with Gasteiger partial charge in [0.25, 0.3) is 5.91 Å². The molecule has 3 N–H and O–H groups in total. The summed E-state index contributed by atoms with van der Waals surface area (Å²) >= 11 is 0. The van der Waals surface area contributed by atoms with Crippen molar-refractivity contribution in [3.8, 4) is 11.3 Å². The Balaban J connectivity index is 1.60. The number of aryl methyl sites for hydroxylation is 1. The largest absolute Gasteiger partial charge is 0.381 e. The van der Waals surface area contributed by atoms with Gasteiger partial charge in [0.05, 0.1) is 24.5 Å². The Bertz CT molecular complexity index is 971. The van der Waals surface area contributed by atoms with E-state index < -0.39 is 5.91 Å². The maximum absolute atomic E-state index is 12.2. The number of carbonyl (C=O) groups is 2. The Labute approximate surface area is 175 Å². The molecule has 30 heavy (non-hydrogen) atoms. The summed E-state index contributed by atoms with van der Waals surface area (Å²) in [5.74, 6) is 0.968. The van der Waals surface area contributed by atoms with Crippen molar-refractivity contribution < 1.29 is 14.3 Å². The van der Waals surface area contributed by atoms with E-state index in [9.17, 15) is 9.59 Å². The van der Waals surface area contributed by atoms with Crippen LogP contribution in [0.3, 0.4) is 0 Å². The minimum atomic E-state index is -0.571. The topological polar surface area (TPSA) is 123 Å². The van der Waals surface area contributed by atoms with Crippen molar-refractivity contribution in [2.24, 2.45) is 11.7 Å². The van der Waals surface area contributed by atoms with Crippen LogP contribution in [-0.4, -0.2) is 53.1 Å². The molecule has 0 saturated heterocycles. The molecule has 2 aromatic heterocycles. The third kappa shape index (κ3) is 4.11. The lowest BCUT2D eigenvalue weighted by molar-refractivity contribution is -0.115. The summed E-state index contributed by atoms with van der Waals surface area (Å²) in [6.45, 7) is 2.89. The van der Waals surface area contributed by atoms with Gasteiger partial charge in [0.15, 0.2) is 11.6 Å². The van der Waals surface area contributed by atoms with E-state index in [4.69, 9.17) is 15.5 Å². The number of anilines is 2. The van der Waals surface area contributed by atoms with Crippen LogP contribution in [0.1, 0.15) is 41.7 Å². The number of carbonyl (C=O) groups excluding carboxylic acids is 2. The Morgan fingerprint density at radius 1 is 1.27 bits per heavy atom. The van der Waals surface area contributed by atoms with Gasteiger partial charge in [-0.05, 0) is 50.2 Å². The smallest absolute Gasteiger partial charge is 0.267 e. The summed E-state index contributed by atoms with van der Waals surface area (Å²) in [5.41, 5.74) is 7.77. The number of nitrogens with two attached hydrogens (primary N) is 1. The molecule has 2 aliphatic rings. The van der Waals surface area contributed by atoms with Crippen LogP contribution in [0.15, 0.2) is 18.5 Å². The predicted octanol–water partition coefficient (Wildman–Crippen LogP) is 1.91. The van der Waals surface area contributed by atoms with Gasteiger partial charge < -0.3 is 20.7 Å². The lowest BCUT2D eigenvalue weighted by Gasteiger charge is -2.35. The average Bonchev–Trinajstić information content (AvgIpc) is 2.74. The molecule has 1 saturated carbocycles. The second-order valence-corrected chi connectivity index (χ2v) is 7.98. The molecule has 0 aromatic carbocycles. The van der Waals surface area contributed by atoms with Crippen molar-refractivity contribution in [2.45, 2.75) is 38.7 Å². The summed E-state index contributed by atoms with van der Waals surface area (Å²) in [5, 5.41) is 2.81. The molecule has 2 amide bonds. The molecular formula is C21H26N6O3. The molecule has 1 fully saturated rings. The summed E-state index contributed by atoms with van der Waals surface area (Å²) in [7, 11) is 1.76. The highest BCUT2D eigenvalue weighted by Gasteiger charge is 2.29. The van der Waals surface area contributed by atoms with Crippen molar-refractivity contribution in [3.63, 3.8) is 0 Å². The lowest BCUT2D eigenvalue weighted by Crippen LogP contribution is -2.42. The highest BCUT2D eigenvalue weighted by atomic mass is 16.5. The third-order valence-electron chi connectivity index (χ3n) is 5.89. The fraction of sp³-hybridized carbons (Fsp3) is 0.476. The molecule has 0 unspecified atom stereocenters. The highest BCUT2D eigenvalue weighted by Crippen LogP contribution is 2.33. The van der Waals surface area contributed by atoms with Crippen LogP contribution in [-0.2, 0) is 9.53 Å². The Morgan fingerprint density at radius 2 is 2.03 bits per heavy atom. The van der Waals surface area contributed by atoms with E-state index in [0.717, 1.165) is 43.4 Å². The van der Waals surface area contributed by atoms with Gasteiger partial charge in [-0.2, -0.15) is 0 Å². The number of aromatic nitrogens is 3. The predicted molar refractivity (Wildman–Crippen MR) is 112 cm³/mol. The third-order valence-corrected chi connectivity index (χ3v) is 5.89. The van der Waals surface area contributed by atoms with E-state index in [2.05, 4.69) is 15.3 Å². The molecular weight excluding hydrogens is 384 g/mol. The van der Waals surface area contributed by atoms with Gasteiger partial charge in [0, 0.05) is 25.4 Å². The van der Waals surface area contributed by atoms with Gasteiger partial charge in [0.2, 0.25) is 5.91 Å². The van der Waals surface area contributed by atoms with E-state index in [-0.39, 0.29) is 18.1 Å². The number of methoxy groups -OCH3 is 1. The maximum Gasteiger partial charge on any atom is 0.267 e. The minimum absolute atomic E-state index is 0.0845. The van der Waals surface area contributed by atoms with Gasteiger partial charge in [-0.15, -0.1) is 0 Å². The van der Waals surface area contributed by atoms with E-state index in [1.165, 1.54) is 0 Å². The van der Waals surface area contributed by atoms with Crippen LogP contribution in [0.2, 0.25) is 0 Å². The van der Waals surface area contributed by atoms with E-state index >= 15 is 0 Å². The first-order valence-electron chi connectivity index (χ1n) is 10.2. The second-order valence-electron chi connectivity index (χ2n) is 7.98. The van der Waals surface area contributed by atoms with Gasteiger partial charge in [-0.3, -0.25) is 14.6 Å². The number of ether oxygens (including phenoxy) is 1. The van der Waals surface area contributed by atoms with Gasteiger partial charge in [-0.1, -0.05) is 0 Å². The molecule has 9 nitrogen and oxygen atoms in total. The normalized spacial score (nSPS) is 21.1. The standard InChI is InChI=1S/C21H26N6O3/c1-12-7-16(19(22)29)23-8-15(12)17-9-24-20-21(25-17)27(11-18(28)26-20)10-13-3-5-14(30-2)6-4-13/h7-9,13-14H,3-6,10-11H2,1-2H3,(H2,22,29)(H,24,26,28)/t13-,14-. The molecule has 3 heterocycles. The average molecular weight is 410 g/mol. The zero-order chi connectivity index (χ0) is 21.3. The Morgan fingerprint density at radius 3 is 2.70 bits per heavy atom. The number of hydrogen-bond acceptors (Lipinski definition) is 7. The summed E-state index contributed by atoms with van der Waals surface area (Å²) in [6.07, 6.45) is 7.74. The zero-order valence-electron chi connectivity index (χ0n) is 17.2. The number of amides is 2. The number of nitrogens with zero attached hydrogens (tertiary/aromatic N) is 4.